The van der Waals surface area contributed by atoms with Crippen LogP contribution in [0.5, 0.6) is 0 Å². The lowest BCUT2D eigenvalue weighted by molar-refractivity contribution is 0.101. The molecule has 5 nitrogen and oxygen atoms in total. The van der Waals surface area contributed by atoms with E-state index in [0.29, 0.717) is 12.2 Å². The molecule has 1 amide bonds. The number of piperidine rings is 1. The van der Waals surface area contributed by atoms with E-state index in [1.807, 2.05) is 54.1 Å². The highest BCUT2D eigenvalue weighted by Gasteiger charge is 2.17. The van der Waals surface area contributed by atoms with E-state index in [-0.39, 0.29) is 5.91 Å². The Kier molecular flexibility index (Phi) is 5.47. The number of aryl methyl sites for hydroxylation is 1. The Bertz CT molecular complexity index is 1220. The summed E-state index contributed by atoms with van der Waals surface area (Å²) >= 11 is 1.70. The van der Waals surface area contributed by atoms with Gasteiger partial charge in [-0.15, -0.1) is 11.3 Å². The van der Waals surface area contributed by atoms with Crippen molar-refractivity contribution < 1.29 is 4.79 Å². The van der Waals surface area contributed by atoms with Crippen molar-refractivity contribution in [3.8, 4) is 0 Å². The minimum absolute atomic E-state index is 0.102. The summed E-state index contributed by atoms with van der Waals surface area (Å²) in [6, 6.07) is 16.1. The van der Waals surface area contributed by atoms with Crippen LogP contribution in [0.3, 0.4) is 0 Å². The van der Waals surface area contributed by atoms with Crippen molar-refractivity contribution in [3.63, 3.8) is 0 Å². The number of aromatic nitrogens is 2. The summed E-state index contributed by atoms with van der Waals surface area (Å²) in [5, 5.41) is 8.54. The first-order chi connectivity index (χ1) is 15.2. The Morgan fingerprint density at radius 3 is 2.71 bits per heavy atom. The Hall–Kier alpha value is -3.12. The molecule has 0 unspecified atom stereocenters. The van der Waals surface area contributed by atoms with Crippen molar-refractivity contribution >= 4 is 38.8 Å². The van der Waals surface area contributed by atoms with Crippen molar-refractivity contribution in [3.05, 3.63) is 77.1 Å². The van der Waals surface area contributed by atoms with Gasteiger partial charge in [0.2, 0.25) is 0 Å². The van der Waals surface area contributed by atoms with Crippen LogP contribution in [0.15, 0.2) is 60.1 Å². The Balaban J connectivity index is 1.33. The summed E-state index contributed by atoms with van der Waals surface area (Å²) in [4.78, 5) is 20.3. The average Bonchev–Trinajstić information content (AvgIpc) is 3.41. The average molecular weight is 431 g/mol. The van der Waals surface area contributed by atoms with Crippen LogP contribution in [0, 0.1) is 6.92 Å². The molecule has 5 rings (SSSR count). The van der Waals surface area contributed by atoms with Crippen molar-refractivity contribution in [2.45, 2.75) is 32.7 Å². The maximum atomic E-state index is 13.1. The second-order valence-electron chi connectivity index (χ2n) is 8.22. The Labute approximate surface area is 186 Å². The van der Waals surface area contributed by atoms with E-state index in [2.05, 4.69) is 27.7 Å². The summed E-state index contributed by atoms with van der Waals surface area (Å²) < 4.78 is 2.00. The summed E-state index contributed by atoms with van der Waals surface area (Å²) in [5.74, 6) is -0.102. The lowest BCUT2D eigenvalue weighted by Crippen LogP contribution is -2.29. The van der Waals surface area contributed by atoms with E-state index in [4.69, 9.17) is 4.98 Å². The molecule has 0 bridgehead atoms. The monoisotopic (exact) mass is 430 g/mol. The van der Waals surface area contributed by atoms with Gasteiger partial charge in [-0.1, -0.05) is 30.3 Å². The maximum Gasteiger partial charge on any atom is 0.272 e. The molecule has 4 aromatic rings. The fourth-order valence-electron chi connectivity index (χ4n) is 4.21. The van der Waals surface area contributed by atoms with Gasteiger partial charge >= 0.3 is 0 Å². The van der Waals surface area contributed by atoms with Gasteiger partial charge in [0.05, 0.1) is 12.2 Å². The third-order valence-electron chi connectivity index (χ3n) is 5.77. The van der Waals surface area contributed by atoms with Gasteiger partial charge in [0, 0.05) is 30.4 Å². The van der Waals surface area contributed by atoms with Crippen molar-refractivity contribution in [1.82, 2.24) is 9.55 Å². The van der Waals surface area contributed by atoms with Gasteiger partial charge in [0.15, 0.2) is 5.13 Å². The second kappa shape index (κ2) is 8.55. The standard InChI is InChI=1S/C25H26N4OS/c1-18-13-23(24(30)26-21-10-9-19-7-3-4-8-20(19)14-21)29(15-18)16-22-17-31-25(27-22)28-11-5-2-6-12-28/h3-4,7-10,13-15,17H,2,5-6,11-12,16H2,1H3,(H,26,30). The molecule has 2 aromatic heterocycles. The van der Waals surface area contributed by atoms with Crippen LogP contribution in [-0.2, 0) is 6.54 Å². The van der Waals surface area contributed by atoms with Gasteiger partial charge in [0.25, 0.3) is 5.91 Å². The number of amides is 1. The lowest BCUT2D eigenvalue weighted by atomic mass is 10.1. The number of benzene rings is 2. The fourth-order valence-corrected chi connectivity index (χ4v) is 5.08. The molecule has 6 heteroatoms. The number of fused-ring (bicyclic) bond motifs is 1. The van der Waals surface area contributed by atoms with Gasteiger partial charge in [-0.05, 0) is 60.7 Å². The van der Waals surface area contributed by atoms with Crippen LogP contribution in [0.2, 0.25) is 0 Å². The topological polar surface area (TPSA) is 50.2 Å². The number of nitrogens with one attached hydrogen (secondary N) is 1. The van der Waals surface area contributed by atoms with E-state index in [1.165, 1.54) is 19.3 Å². The molecular weight excluding hydrogens is 404 g/mol. The second-order valence-corrected chi connectivity index (χ2v) is 9.05. The van der Waals surface area contributed by atoms with Crippen LogP contribution in [0.25, 0.3) is 10.8 Å². The zero-order chi connectivity index (χ0) is 21.2. The molecule has 0 atom stereocenters. The molecule has 1 fully saturated rings. The number of hydrogen-bond donors (Lipinski definition) is 1. The van der Waals surface area contributed by atoms with Gasteiger partial charge < -0.3 is 14.8 Å². The van der Waals surface area contributed by atoms with Crippen molar-refractivity contribution in [1.29, 1.82) is 0 Å². The highest BCUT2D eigenvalue weighted by atomic mass is 32.1. The van der Waals surface area contributed by atoms with Gasteiger partial charge in [-0.3, -0.25) is 4.79 Å². The molecule has 3 heterocycles. The summed E-state index contributed by atoms with van der Waals surface area (Å²) in [6.07, 6.45) is 5.82. The van der Waals surface area contributed by atoms with Crippen LogP contribution < -0.4 is 10.2 Å². The number of nitrogens with zero attached hydrogens (tertiary/aromatic N) is 3. The van der Waals surface area contributed by atoms with E-state index in [1.54, 1.807) is 11.3 Å². The molecule has 1 N–H and O–H groups in total. The number of carbonyl (C=O) groups excluding carboxylic acids is 1. The molecule has 1 saturated heterocycles. The number of hydrogen-bond acceptors (Lipinski definition) is 4. The zero-order valence-corrected chi connectivity index (χ0v) is 18.5. The minimum atomic E-state index is -0.102. The summed E-state index contributed by atoms with van der Waals surface area (Å²) in [5.41, 5.74) is 3.52. The number of anilines is 2. The summed E-state index contributed by atoms with van der Waals surface area (Å²) in [7, 11) is 0. The molecule has 0 spiro atoms. The predicted octanol–water partition coefficient (Wildman–Crippen LogP) is 5.70. The molecule has 1 aliphatic heterocycles. The van der Waals surface area contributed by atoms with E-state index in [0.717, 1.165) is 45.9 Å². The van der Waals surface area contributed by atoms with E-state index in [9.17, 15) is 4.79 Å². The predicted molar refractivity (Wildman–Crippen MR) is 128 cm³/mol. The van der Waals surface area contributed by atoms with Crippen LogP contribution in [0.1, 0.15) is 41.0 Å². The van der Waals surface area contributed by atoms with E-state index >= 15 is 0 Å². The molecule has 31 heavy (non-hydrogen) atoms. The van der Waals surface area contributed by atoms with Crippen LogP contribution >= 0.6 is 11.3 Å². The first-order valence-corrected chi connectivity index (χ1v) is 11.7. The third-order valence-corrected chi connectivity index (χ3v) is 6.72. The van der Waals surface area contributed by atoms with Crippen LogP contribution in [0.4, 0.5) is 10.8 Å². The fraction of sp³-hybridized carbons (Fsp3) is 0.280. The van der Waals surface area contributed by atoms with Gasteiger partial charge in [-0.25, -0.2) is 4.98 Å². The SMILES string of the molecule is Cc1cc(C(=O)Nc2ccc3ccccc3c2)n(Cc2csc(N3CCCCC3)n2)c1. The molecule has 0 saturated carbocycles. The lowest BCUT2D eigenvalue weighted by Gasteiger charge is -2.25. The Morgan fingerprint density at radius 2 is 1.87 bits per heavy atom. The molecular formula is C25H26N4OS. The smallest absolute Gasteiger partial charge is 0.272 e. The molecule has 0 radical (unpaired) electrons. The third kappa shape index (κ3) is 4.35. The number of thiazole rings is 1. The largest absolute Gasteiger partial charge is 0.348 e. The maximum absolute atomic E-state index is 13.1. The molecule has 1 aliphatic rings. The summed E-state index contributed by atoms with van der Waals surface area (Å²) in [6.45, 7) is 4.80. The quantitative estimate of drug-likeness (QED) is 0.442. The molecule has 158 valence electrons. The zero-order valence-electron chi connectivity index (χ0n) is 17.7. The first-order valence-electron chi connectivity index (χ1n) is 10.8. The highest BCUT2D eigenvalue weighted by molar-refractivity contribution is 7.13. The Morgan fingerprint density at radius 1 is 1.06 bits per heavy atom. The highest BCUT2D eigenvalue weighted by Crippen LogP contribution is 2.25. The van der Waals surface area contributed by atoms with Gasteiger partial charge in [0.1, 0.15) is 5.69 Å². The first kappa shape index (κ1) is 19.8. The minimum Gasteiger partial charge on any atom is -0.348 e. The van der Waals surface area contributed by atoms with Crippen molar-refractivity contribution in [2.75, 3.05) is 23.3 Å². The van der Waals surface area contributed by atoms with Crippen LogP contribution in [-0.4, -0.2) is 28.5 Å². The number of rotatable bonds is 5. The molecule has 0 aliphatic carbocycles. The van der Waals surface area contributed by atoms with Crippen molar-refractivity contribution in [2.24, 2.45) is 0 Å². The van der Waals surface area contributed by atoms with E-state index < -0.39 is 0 Å². The number of carbonyl (C=O) groups is 1. The van der Waals surface area contributed by atoms with Gasteiger partial charge in [-0.2, -0.15) is 0 Å². The molecule has 2 aromatic carbocycles. The normalized spacial score (nSPS) is 14.2.